The van der Waals surface area contributed by atoms with E-state index in [-0.39, 0.29) is 6.61 Å². The molecule has 1 aliphatic heterocycles. The van der Waals surface area contributed by atoms with E-state index in [4.69, 9.17) is 5.11 Å². The molecule has 0 fully saturated rings. The molecule has 1 aromatic carbocycles. The SMILES string of the molecule is CC(C)Cc1ccc2c(c1)[C]CC(O)N2CCO. The van der Waals surface area contributed by atoms with Gasteiger partial charge in [-0.2, -0.15) is 0 Å². The fourth-order valence-corrected chi connectivity index (χ4v) is 2.42. The van der Waals surface area contributed by atoms with Crippen LogP contribution in [0.25, 0.3) is 0 Å². The van der Waals surface area contributed by atoms with E-state index in [9.17, 15) is 5.11 Å². The Balaban J connectivity index is 2.25. The maximum absolute atomic E-state index is 9.91. The van der Waals surface area contributed by atoms with Gasteiger partial charge in [-0.1, -0.05) is 26.0 Å². The average molecular weight is 247 g/mol. The van der Waals surface area contributed by atoms with E-state index in [1.165, 1.54) is 5.56 Å². The van der Waals surface area contributed by atoms with E-state index in [1.54, 1.807) is 0 Å². The van der Waals surface area contributed by atoms with Crippen molar-refractivity contribution in [2.45, 2.75) is 32.9 Å². The van der Waals surface area contributed by atoms with Gasteiger partial charge in [0.2, 0.25) is 0 Å². The van der Waals surface area contributed by atoms with Crippen LogP contribution in [0.4, 0.5) is 5.69 Å². The Morgan fingerprint density at radius 3 is 2.89 bits per heavy atom. The van der Waals surface area contributed by atoms with Gasteiger partial charge in [0.05, 0.1) is 6.61 Å². The van der Waals surface area contributed by atoms with Crippen LogP contribution in [-0.2, 0) is 6.42 Å². The Morgan fingerprint density at radius 2 is 2.22 bits per heavy atom. The van der Waals surface area contributed by atoms with Crippen LogP contribution in [0.5, 0.6) is 0 Å². The molecule has 1 unspecified atom stereocenters. The van der Waals surface area contributed by atoms with Crippen molar-refractivity contribution in [3.8, 4) is 0 Å². The first-order chi connectivity index (χ1) is 8.61. The zero-order chi connectivity index (χ0) is 13.1. The minimum atomic E-state index is -0.569. The van der Waals surface area contributed by atoms with Gasteiger partial charge in [-0.05, 0) is 29.5 Å². The molecule has 2 N–H and O–H groups in total. The fourth-order valence-electron chi connectivity index (χ4n) is 2.42. The summed E-state index contributed by atoms with van der Waals surface area (Å²) in [6, 6.07) is 6.27. The molecule has 2 rings (SSSR count). The molecular formula is C15H21NO2. The molecule has 0 bridgehead atoms. The molecule has 3 heteroatoms. The first-order valence-electron chi connectivity index (χ1n) is 6.54. The molecule has 98 valence electrons. The molecule has 1 heterocycles. The summed E-state index contributed by atoms with van der Waals surface area (Å²) in [5, 5.41) is 19.0. The maximum atomic E-state index is 9.91. The smallest absolute Gasteiger partial charge is 0.127 e. The summed E-state index contributed by atoms with van der Waals surface area (Å²) in [5.41, 5.74) is 3.32. The number of fused-ring (bicyclic) bond motifs is 1. The Kier molecular flexibility index (Phi) is 4.25. The van der Waals surface area contributed by atoms with E-state index >= 15 is 0 Å². The van der Waals surface area contributed by atoms with Crippen molar-refractivity contribution < 1.29 is 10.2 Å². The van der Waals surface area contributed by atoms with Crippen molar-refractivity contribution in [1.82, 2.24) is 0 Å². The molecule has 0 saturated carbocycles. The zero-order valence-electron chi connectivity index (χ0n) is 11.1. The lowest BCUT2D eigenvalue weighted by Crippen LogP contribution is -2.40. The zero-order valence-corrected chi connectivity index (χ0v) is 11.1. The number of β-amino-alcohol motifs (C(OH)–C–C–N with tert-alkyl or cyclic N) is 1. The third-order valence-electron chi connectivity index (χ3n) is 3.19. The summed E-state index contributed by atoms with van der Waals surface area (Å²) in [7, 11) is 0. The second-order valence-electron chi connectivity index (χ2n) is 5.23. The highest BCUT2D eigenvalue weighted by Crippen LogP contribution is 2.32. The van der Waals surface area contributed by atoms with Crippen molar-refractivity contribution in [2.24, 2.45) is 5.92 Å². The van der Waals surface area contributed by atoms with E-state index in [2.05, 4.69) is 32.4 Å². The summed E-state index contributed by atoms with van der Waals surface area (Å²) in [4.78, 5) is 1.84. The standard InChI is InChI=1S/C15H21NO2/c1-11(2)9-12-3-5-14-13(10-12)4-6-15(18)16(14)7-8-17/h3,5,10-11,15,17-18H,6-9H2,1-2H3. The van der Waals surface area contributed by atoms with Gasteiger partial charge in [-0.25, -0.2) is 0 Å². The Morgan fingerprint density at radius 1 is 1.44 bits per heavy atom. The van der Waals surface area contributed by atoms with E-state index in [1.807, 2.05) is 11.0 Å². The second-order valence-corrected chi connectivity index (χ2v) is 5.23. The number of hydrogen-bond donors (Lipinski definition) is 2. The molecule has 0 saturated heterocycles. The molecule has 2 radical (unpaired) electrons. The highest BCUT2D eigenvalue weighted by atomic mass is 16.3. The van der Waals surface area contributed by atoms with Gasteiger partial charge in [0.15, 0.2) is 0 Å². The number of hydrogen-bond acceptors (Lipinski definition) is 3. The summed E-state index contributed by atoms with van der Waals surface area (Å²) >= 11 is 0. The van der Waals surface area contributed by atoms with Gasteiger partial charge < -0.3 is 15.1 Å². The van der Waals surface area contributed by atoms with E-state index in [0.717, 1.165) is 17.7 Å². The first-order valence-corrected chi connectivity index (χ1v) is 6.54. The highest BCUT2D eigenvalue weighted by Gasteiger charge is 2.24. The third-order valence-corrected chi connectivity index (χ3v) is 3.19. The van der Waals surface area contributed by atoms with Crippen molar-refractivity contribution >= 4 is 5.69 Å². The monoisotopic (exact) mass is 247 g/mol. The van der Waals surface area contributed by atoms with Crippen molar-refractivity contribution in [2.75, 3.05) is 18.1 Å². The molecule has 3 nitrogen and oxygen atoms in total. The molecule has 0 aliphatic carbocycles. The van der Waals surface area contributed by atoms with Crippen LogP contribution >= 0.6 is 0 Å². The summed E-state index contributed by atoms with van der Waals surface area (Å²) in [6.07, 6.45) is 4.22. The molecule has 1 atom stereocenters. The average Bonchev–Trinajstić information content (AvgIpc) is 2.32. The van der Waals surface area contributed by atoms with Crippen LogP contribution in [0.2, 0.25) is 0 Å². The largest absolute Gasteiger partial charge is 0.395 e. The molecule has 0 amide bonds. The van der Waals surface area contributed by atoms with Gasteiger partial charge in [0, 0.05) is 25.1 Å². The number of benzene rings is 1. The lowest BCUT2D eigenvalue weighted by Gasteiger charge is -2.35. The van der Waals surface area contributed by atoms with Gasteiger partial charge >= 0.3 is 0 Å². The number of anilines is 1. The van der Waals surface area contributed by atoms with Crippen LogP contribution in [-0.4, -0.2) is 29.6 Å². The normalized spacial score (nSPS) is 19.2. The molecular weight excluding hydrogens is 226 g/mol. The Labute approximate surface area is 109 Å². The van der Waals surface area contributed by atoms with Crippen molar-refractivity contribution in [3.63, 3.8) is 0 Å². The molecule has 1 aromatic rings. The second kappa shape index (κ2) is 5.72. The highest BCUT2D eigenvalue weighted by molar-refractivity contribution is 5.60. The molecule has 0 spiro atoms. The Bertz CT molecular complexity index is 403. The quantitative estimate of drug-likeness (QED) is 0.853. The maximum Gasteiger partial charge on any atom is 0.127 e. The van der Waals surface area contributed by atoms with Gasteiger partial charge in [-0.15, -0.1) is 0 Å². The predicted molar refractivity (Wildman–Crippen MR) is 72.4 cm³/mol. The van der Waals surface area contributed by atoms with Crippen molar-refractivity contribution in [3.05, 3.63) is 35.7 Å². The lowest BCUT2D eigenvalue weighted by atomic mass is 9.95. The number of aliphatic hydroxyl groups excluding tert-OH is 2. The summed E-state index contributed by atoms with van der Waals surface area (Å²) in [5.74, 6) is 0.630. The van der Waals surface area contributed by atoms with Crippen LogP contribution in [0, 0.1) is 12.3 Å². The van der Waals surface area contributed by atoms with Crippen LogP contribution < -0.4 is 4.90 Å². The number of nitrogens with zero attached hydrogens (tertiary/aromatic N) is 1. The van der Waals surface area contributed by atoms with Crippen LogP contribution in [0.15, 0.2) is 18.2 Å². The van der Waals surface area contributed by atoms with E-state index in [0.29, 0.717) is 18.9 Å². The number of aliphatic hydroxyl groups is 2. The van der Waals surface area contributed by atoms with E-state index < -0.39 is 6.23 Å². The first kappa shape index (κ1) is 13.4. The van der Waals surface area contributed by atoms with Crippen LogP contribution in [0.1, 0.15) is 31.4 Å². The molecule has 1 aliphatic rings. The minimum absolute atomic E-state index is 0.0459. The van der Waals surface area contributed by atoms with Gasteiger partial charge in [-0.3, -0.25) is 0 Å². The molecule has 18 heavy (non-hydrogen) atoms. The van der Waals surface area contributed by atoms with Gasteiger partial charge in [0.25, 0.3) is 0 Å². The third kappa shape index (κ3) is 2.85. The number of rotatable bonds is 4. The van der Waals surface area contributed by atoms with Gasteiger partial charge in [0.1, 0.15) is 6.23 Å². The minimum Gasteiger partial charge on any atom is -0.395 e. The van der Waals surface area contributed by atoms with Crippen molar-refractivity contribution in [1.29, 1.82) is 0 Å². The molecule has 0 aromatic heterocycles. The lowest BCUT2D eigenvalue weighted by molar-refractivity contribution is 0.156. The topological polar surface area (TPSA) is 43.7 Å². The Hall–Kier alpha value is -1.06. The fraction of sp³-hybridized carbons (Fsp3) is 0.533. The predicted octanol–water partition coefficient (Wildman–Crippen LogP) is 1.84. The summed E-state index contributed by atoms with van der Waals surface area (Å²) in [6.45, 7) is 4.91. The summed E-state index contributed by atoms with van der Waals surface area (Å²) < 4.78 is 0. The van der Waals surface area contributed by atoms with Crippen LogP contribution in [0.3, 0.4) is 0 Å².